The molecule has 0 unspecified atom stereocenters. The number of rotatable bonds is 1. The van der Waals surface area contributed by atoms with Gasteiger partial charge in [-0.15, -0.1) is 0 Å². The predicted octanol–water partition coefficient (Wildman–Crippen LogP) is -0.458. The first-order valence-corrected chi connectivity index (χ1v) is 5.21. The largest absolute Gasteiger partial charge is 0.469 e. The Morgan fingerprint density at radius 3 is 2.42 bits per heavy atom. The molecule has 4 nitrogen and oxygen atoms in total. The summed E-state index contributed by atoms with van der Waals surface area (Å²) in [5.41, 5.74) is 0. The van der Waals surface area contributed by atoms with Crippen LogP contribution in [0.4, 0.5) is 4.39 Å². The third-order valence-corrected chi connectivity index (χ3v) is 3.48. The molecule has 0 saturated carbocycles. The second-order valence-corrected chi connectivity index (χ2v) is 4.88. The van der Waals surface area contributed by atoms with Crippen LogP contribution in [0.25, 0.3) is 0 Å². The average molecular weight is 196 g/mol. The van der Waals surface area contributed by atoms with Gasteiger partial charge in [0.05, 0.1) is 18.6 Å². The van der Waals surface area contributed by atoms with Gasteiger partial charge < -0.3 is 4.74 Å². The van der Waals surface area contributed by atoms with Gasteiger partial charge in [0.1, 0.15) is 12.1 Å². The van der Waals surface area contributed by atoms with Gasteiger partial charge in [-0.2, -0.15) is 0 Å². The van der Waals surface area contributed by atoms with Crippen LogP contribution in [0.1, 0.15) is 0 Å². The van der Waals surface area contributed by atoms with Crippen molar-refractivity contribution in [2.45, 2.75) is 6.17 Å². The third-order valence-electron chi connectivity index (χ3n) is 1.79. The third kappa shape index (κ3) is 1.74. The first kappa shape index (κ1) is 9.44. The SMILES string of the molecule is COC(=O)[C@H]1CS(=O)(=O)C[C@H]1F. The quantitative estimate of drug-likeness (QED) is 0.532. The Morgan fingerprint density at radius 1 is 1.50 bits per heavy atom. The van der Waals surface area contributed by atoms with Crippen molar-refractivity contribution in [2.75, 3.05) is 18.6 Å². The molecule has 0 aromatic rings. The van der Waals surface area contributed by atoms with Gasteiger partial charge in [-0.05, 0) is 0 Å². The predicted molar refractivity (Wildman–Crippen MR) is 39.1 cm³/mol. The molecule has 1 saturated heterocycles. The minimum atomic E-state index is -3.38. The lowest BCUT2D eigenvalue weighted by Crippen LogP contribution is -2.24. The van der Waals surface area contributed by atoms with Crippen LogP contribution in [0, 0.1) is 5.92 Å². The Kier molecular flexibility index (Phi) is 2.36. The number of ether oxygens (including phenoxy) is 1. The summed E-state index contributed by atoms with van der Waals surface area (Å²) >= 11 is 0. The Bertz CT molecular complexity index is 284. The lowest BCUT2D eigenvalue weighted by Gasteiger charge is -2.06. The minimum absolute atomic E-state index is 0.430. The molecule has 1 fully saturated rings. The number of sulfone groups is 1. The molecule has 1 aliphatic heterocycles. The molecule has 0 N–H and O–H groups in total. The summed E-state index contributed by atoms with van der Waals surface area (Å²) in [6.45, 7) is 0. The molecule has 0 amide bonds. The molecule has 6 heteroatoms. The van der Waals surface area contributed by atoms with E-state index in [-0.39, 0.29) is 0 Å². The van der Waals surface area contributed by atoms with E-state index in [4.69, 9.17) is 0 Å². The van der Waals surface area contributed by atoms with Gasteiger partial charge in [0.25, 0.3) is 0 Å². The molecule has 0 aromatic heterocycles. The van der Waals surface area contributed by atoms with Crippen LogP contribution in [0.3, 0.4) is 0 Å². The zero-order valence-electron chi connectivity index (χ0n) is 6.49. The lowest BCUT2D eigenvalue weighted by atomic mass is 10.1. The smallest absolute Gasteiger partial charge is 0.312 e. The van der Waals surface area contributed by atoms with Crippen LogP contribution in [0.5, 0.6) is 0 Å². The zero-order chi connectivity index (χ0) is 9.35. The number of esters is 1. The summed E-state index contributed by atoms with van der Waals surface area (Å²) in [5.74, 6) is -2.91. The Balaban J connectivity index is 2.77. The number of alkyl halides is 1. The zero-order valence-corrected chi connectivity index (χ0v) is 7.30. The number of carbonyl (C=O) groups excluding carboxylic acids is 1. The fourth-order valence-corrected chi connectivity index (χ4v) is 2.92. The number of carbonyl (C=O) groups is 1. The second kappa shape index (κ2) is 3.01. The first-order chi connectivity index (χ1) is 5.46. The maximum atomic E-state index is 12.8. The van der Waals surface area contributed by atoms with Crippen LogP contribution in [-0.4, -0.2) is 39.2 Å². The van der Waals surface area contributed by atoms with E-state index in [9.17, 15) is 17.6 Å². The van der Waals surface area contributed by atoms with Crippen molar-refractivity contribution in [3.8, 4) is 0 Å². The van der Waals surface area contributed by atoms with Crippen molar-refractivity contribution in [3.63, 3.8) is 0 Å². The molecule has 0 aliphatic carbocycles. The van der Waals surface area contributed by atoms with Gasteiger partial charge in [-0.25, -0.2) is 12.8 Å². The molecule has 0 bridgehead atoms. The number of methoxy groups -OCH3 is 1. The lowest BCUT2D eigenvalue weighted by molar-refractivity contribution is -0.146. The Morgan fingerprint density at radius 2 is 2.08 bits per heavy atom. The number of halogens is 1. The van der Waals surface area contributed by atoms with E-state index in [2.05, 4.69) is 4.74 Å². The molecule has 1 aliphatic rings. The van der Waals surface area contributed by atoms with E-state index < -0.39 is 39.4 Å². The summed E-state index contributed by atoms with van der Waals surface area (Å²) in [5, 5.41) is 0. The number of hydrogen-bond acceptors (Lipinski definition) is 4. The molecular weight excluding hydrogens is 187 g/mol. The van der Waals surface area contributed by atoms with Gasteiger partial charge in [0.15, 0.2) is 9.84 Å². The maximum Gasteiger partial charge on any atom is 0.312 e. The summed E-state index contributed by atoms with van der Waals surface area (Å²) in [6, 6.07) is 0. The van der Waals surface area contributed by atoms with Gasteiger partial charge in [0, 0.05) is 0 Å². The average Bonchev–Trinajstić information content (AvgIpc) is 2.23. The molecule has 70 valence electrons. The van der Waals surface area contributed by atoms with Crippen molar-refractivity contribution < 1.29 is 22.3 Å². The van der Waals surface area contributed by atoms with E-state index in [0.717, 1.165) is 7.11 Å². The molecule has 12 heavy (non-hydrogen) atoms. The van der Waals surface area contributed by atoms with E-state index in [1.165, 1.54) is 0 Å². The van der Waals surface area contributed by atoms with Crippen molar-refractivity contribution in [1.82, 2.24) is 0 Å². The van der Waals surface area contributed by atoms with E-state index in [1.54, 1.807) is 0 Å². The van der Waals surface area contributed by atoms with E-state index in [0.29, 0.717) is 0 Å². The van der Waals surface area contributed by atoms with Gasteiger partial charge in [0.2, 0.25) is 0 Å². The van der Waals surface area contributed by atoms with E-state index >= 15 is 0 Å². The highest BCUT2D eigenvalue weighted by atomic mass is 32.2. The van der Waals surface area contributed by atoms with Gasteiger partial charge in [-0.3, -0.25) is 4.79 Å². The van der Waals surface area contributed by atoms with Gasteiger partial charge in [-0.1, -0.05) is 0 Å². The second-order valence-electron chi connectivity index (χ2n) is 2.72. The van der Waals surface area contributed by atoms with Crippen molar-refractivity contribution in [2.24, 2.45) is 5.92 Å². The standard InChI is InChI=1S/C6H9FO4S/c1-11-6(8)4-2-12(9,10)3-5(4)7/h4-5H,2-3H2,1H3/t4-,5+/m0/s1. The molecule has 0 radical (unpaired) electrons. The number of hydrogen-bond donors (Lipinski definition) is 0. The molecule has 1 rings (SSSR count). The van der Waals surface area contributed by atoms with Crippen molar-refractivity contribution in [1.29, 1.82) is 0 Å². The highest BCUT2D eigenvalue weighted by Gasteiger charge is 2.42. The first-order valence-electron chi connectivity index (χ1n) is 3.38. The van der Waals surface area contributed by atoms with Crippen LogP contribution in [0.2, 0.25) is 0 Å². The van der Waals surface area contributed by atoms with Crippen LogP contribution in [0.15, 0.2) is 0 Å². The van der Waals surface area contributed by atoms with Crippen molar-refractivity contribution in [3.05, 3.63) is 0 Å². The summed E-state index contributed by atoms with van der Waals surface area (Å²) in [4.78, 5) is 10.8. The van der Waals surface area contributed by atoms with Crippen LogP contribution < -0.4 is 0 Å². The maximum absolute atomic E-state index is 12.8. The fraction of sp³-hybridized carbons (Fsp3) is 0.833. The molecule has 0 spiro atoms. The summed E-state index contributed by atoms with van der Waals surface area (Å²) < 4.78 is 38.7. The summed E-state index contributed by atoms with van der Waals surface area (Å²) in [6.07, 6.45) is -1.61. The normalized spacial score (nSPS) is 33.2. The summed E-state index contributed by atoms with van der Waals surface area (Å²) in [7, 11) is -2.26. The minimum Gasteiger partial charge on any atom is -0.469 e. The fourth-order valence-electron chi connectivity index (χ4n) is 1.17. The molecule has 2 atom stereocenters. The topological polar surface area (TPSA) is 60.4 Å². The highest BCUT2D eigenvalue weighted by molar-refractivity contribution is 7.91. The molecule has 0 aromatic carbocycles. The van der Waals surface area contributed by atoms with Crippen molar-refractivity contribution >= 4 is 15.8 Å². The van der Waals surface area contributed by atoms with Crippen LogP contribution >= 0.6 is 0 Å². The molecular formula is C6H9FO4S. The van der Waals surface area contributed by atoms with Crippen LogP contribution in [-0.2, 0) is 19.4 Å². The van der Waals surface area contributed by atoms with E-state index in [1.807, 2.05) is 0 Å². The molecule has 1 heterocycles. The highest BCUT2D eigenvalue weighted by Crippen LogP contribution is 2.22. The monoisotopic (exact) mass is 196 g/mol. The Hall–Kier alpha value is -0.650. The van der Waals surface area contributed by atoms with Gasteiger partial charge >= 0.3 is 5.97 Å². The Labute approximate surface area is 69.6 Å².